The molecule has 0 heterocycles. The van der Waals surface area contributed by atoms with Crippen LogP contribution in [-0.2, 0) is 4.79 Å². The molecule has 0 radical (unpaired) electrons. The summed E-state index contributed by atoms with van der Waals surface area (Å²) in [5, 5.41) is 8.55. The summed E-state index contributed by atoms with van der Waals surface area (Å²) in [5.41, 5.74) is 9.39. The monoisotopic (exact) mass is 174 g/mol. The van der Waals surface area contributed by atoms with Crippen molar-refractivity contribution in [2.75, 3.05) is 6.54 Å². The molecule has 0 saturated carbocycles. The summed E-state index contributed by atoms with van der Waals surface area (Å²) in [6, 6.07) is 0. The van der Waals surface area contributed by atoms with E-state index in [-0.39, 0.29) is 7.43 Å². The molecule has 4 nitrogen and oxygen atoms in total. The maximum absolute atomic E-state index is 10.4. The Morgan fingerprint density at radius 1 is 1.58 bits per heavy atom. The summed E-state index contributed by atoms with van der Waals surface area (Å²) in [6.45, 7) is 1.88. The predicted octanol–water partition coefficient (Wildman–Crippen LogP) is 0.330. The van der Waals surface area contributed by atoms with E-state index >= 15 is 0 Å². The Bertz CT molecular complexity index is 164. The molecule has 12 heavy (non-hydrogen) atoms. The minimum Gasteiger partial charge on any atom is -0.480 e. The Morgan fingerprint density at radius 3 is 2.42 bits per heavy atom. The zero-order chi connectivity index (χ0) is 8.91. The van der Waals surface area contributed by atoms with Crippen LogP contribution >= 0.6 is 0 Å². The quantitative estimate of drug-likeness (QED) is 0.536. The second-order valence-corrected chi connectivity index (χ2v) is 2.63. The molecule has 0 rings (SSSR count). The van der Waals surface area contributed by atoms with Crippen molar-refractivity contribution in [3.63, 3.8) is 0 Å². The summed E-state index contributed by atoms with van der Waals surface area (Å²) in [4.78, 5) is 10.4. The molecule has 72 valence electrons. The Balaban J connectivity index is 0. The van der Waals surface area contributed by atoms with Crippen molar-refractivity contribution in [1.82, 2.24) is 0 Å². The Morgan fingerprint density at radius 2 is 2.08 bits per heavy atom. The van der Waals surface area contributed by atoms with E-state index in [1.807, 2.05) is 0 Å². The molecule has 0 amide bonds. The number of carboxylic acid groups (broad SMARTS) is 1. The molecule has 0 saturated heterocycles. The third-order valence-electron chi connectivity index (χ3n) is 1.33. The van der Waals surface area contributed by atoms with Gasteiger partial charge in [-0.15, -0.1) is 0 Å². The van der Waals surface area contributed by atoms with Crippen LogP contribution in [0.1, 0.15) is 20.8 Å². The van der Waals surface area contributed by atoms with Gasteiger partial charge in [0.1, 0.15) is 5.54 Å². The molecule has 0 spiro atoms. The molecule has 0 aromatic rings. The second kappa shape index (κ2) is 5.74. The first-order valence-electron chi connectivity index (χ1n) is 3.38. The van der Waals surface area contributed by atoms with Gasteiger partial charge in [0.05, 0.1) is 0 Å². The van der Waals surface area contributed by atoms with Gasteiger partial charge in [-0.1, -0.05) is 19.6 Å². The van der Waals surface area contributed by atoms with Crippen LogP contribution in [-0.4, -0.2) is 23.2 Å². The van der Waals surface area contributed by atoms with Crippen LogP contribution in [0.25, 0.3) is 0 Å². The topological polar surface area (TPSA) is 89.3 Å². The lowest BCUT2D eigenvalue weighted by Crippen LogP contribution is -2.44. The highest BCUT2D eigenvalue weighted by atomic mass is 16.4. The lowest BCUT2D eigenvalue weighted by molar-refractivity contribution is -0.142. The van der Waals surface area contributed by atoms with Gasteiger partial charge in [0.25, 0.3) is 0 Å². The zero-order valence-corrected chi connectivity index (χ0v) is 6.58. The Kier molecular flexibility index (Phi) is 6.55. The number of nitrogens with two attached hydrogens (primary N) is 2. The van der Waals surface area contributed by atoms with Crippen LogP contribution in [0.5, 0.6) is 0 Å². The van der Waals surface area contributed by atoms with Gasteiger partial charge < -0.3 is 16.6 Å². The van der Waals surface area contributed by atoms with Crippen LogP contribution in [0.4, 0.5) is 0 Å². The van der Waals surface area contributed by atoms with Gasteiger partial charge in [0.2, 0.25) is 0 Å². The summed E-state index contributed by atoms with van der Waals surface area (Å²) in [6.07, 6.45) is 3.67. The molecule has 0 aliphatic heterocycles. The van der Waals surface area contributed by atoms with E-state index < -0.39 is 11.5 Å². The van der Waals surface area contributed by atoms with Crippen molar-refractivity contribution in [3.05, 3.63) is 12.2 Å². The first-order chi connectivity index (χ1) is 5.00. The number of carbonyl (C=O) groups is 1. The normalized spacial score (nSPS) is 15.2. The molecule has 0 aliphatic rings. The summed E-state index contributed by atoms with van der Waals surface area (Å²) < 4.78 is 0. The average Bonchev–Trinajstić information content (AvgIpc) is 1.88. The number of hydrogen-bond donors (Lipinski definition) is 3. The van der Waals surface area contributed by atoms with E-state index in [0.29, 0.717) is 13.0 Å². The molecule has 5 N–H and O–H groups in total. The number of rotatable bonds is 4. The third kappa shape index (κ3) is 4.87. The van der Waals surface area contributed by atoms with Crippen LogP contribution in [0.15, 0.2) is 12.2 Å². The second-order valence-electron chi connectivity index (χ2n) is 2.63. The Hall–Kier alpha value is -0.870. The molecular formula is C8H18N2O2. The number of aliphatic carboxylic acids is 1. The standard InChI is InChI=1S/C7H14N2O2.CH4/c1-7(9,6(10)11)4-2-3-5-8;/h2-3H,4-5,8-9H2,1H3,(H,10,11);1H4/b3-2+;/t7-;/m0./s1. The van der Waals surface area contributed by atoms with E-state index in [2.05, 4.69) is 0 Å². The van der Waals surface area contributed by atoms with Gasteiger partial charge in [-0.25, -0.2) is 0 Å². The minimum absolute atomic E-state index is 0. The number of carboxylic acids is 1. The molecular weight excluding hydrogens is 156 g/mol. The van der Waals surface area contributed by atoms with E-state index in [4.69, 9.17) is 16.6 Å². The first-order valence-corrected chi connectivity index (χ1v) is 3.38. The fraction of sp³-hybridized carbons (Fsp3) is 0.625. The van der Waals surface area contributed by atoms with Crippen molar-refractivity contribution in [3.8, 4) is 0 Å². The molecule has 0 aromatic carbocycles. The summed E-state index contributed by atoms with van der Waals surface area (Å²) in [7, 11) is 0. The largest absolute Gasteiger partial charge is 0.480 e. The molecule has 0 fully saturated rings. The van der Waals surface area contributed by atoms with Crippen molar-refractivity contribution < 1.29 is 9.90 Å². The highest BCUT2D eigenvalue weighted by molar-refractivity contribution is 5.78. The number of hydrogen-bond acceptors (Lipinski definition) is 3. The molecule has 0 bridgehead atoms. The van der Waals surface area contributed by atoms with Crippen LogP contribution in [0.2, 0.25) is 0 Å². The smallest absolute Gasteiger partial charge is 0.323 e. The van der Waals surface area contributed by atoms with E-state index in [1.165, 1.54) is 6.92 Å². The molecule has 0 unspecified atom stereocenters. The fourth-order valence-electron chi connectivity index (χ4n) is 0.512. The van der Waals surface area contributed by atoms with Crippen molar-refractivity contribution in [2.45, 2.75) is 26.3 Å². The minimum atomic E-state index is -1.17. The predicted molar refractivity (Wildman–Crippen MR) is 49.8 cm³/mol. The van der Waals surface area contributed by atoms with Crippen LogP contribution < -0.4 is 11.5 Å². The molecule has 4 heteroatoms. The van der Waals surface area contributed by atoms with E-state index in [9.17, 15) is 4.79 Å². The first kappa shape index (κ1) is 13.7. The molecule has 1 atom stereocenters. The van der Waals surface area contributed by atoms with Crippen molar-refractivity contribution in [1.29, 1.82) is 0 Å². The SMILES string of the molecule is C.C[C@](N)(C/C=C/CN)C(=O)O. The van der Waals surface area contributed by atoms with Crippen LogP contribution in [0.3, 0.4) is 0 Å². The van der Waals surface area contributed by atoms with Crippen molar-refractivity contribution >= 4 is 5.97 Å². The van der Waals surface area contributed by atoms with Gasteiger partial charge in [-0.05, 0) is 13.3 Å². The highest BCUT2D eigenvalue weighted by Crippen LogP contribution is 2.05. The van der Waals surface area contributed by atoms with E-state index in [1.54, 1.807) is 12.2 Å². The van der Waals surface area contributed by atoms with Crippen molar-refractivity contribution in [2.24, 2.45) is 11.5 Å². The van der Waals surface area contributed by atoms with Gasteiger partial charge >= 0.3 is 5.97 Å². The lowest BCUT2D eigenvalue weighted by atomic mass is 10.00. The molecule has 0 aliphatic carbocycles. The maximum Gasteiger partial charge on any atom is 0.323 e. The summed E-state index contributed by atoms with van der Waals surface area (Å²) in [5.74, 6) is -1.00. The third-order valence-corrected chi connectivity index (χ3v) is 1.33. The van der Waals surface area contributed by atoms with Gasteiger partial charge in [0.15, 0.2) is 0 Å². The lowest BCUT2D eigenvalue weighted by Gasteiger charge is -2.15. The Labute approximate surface area is 73.2 Å². The maximum atomic E-state index is 10.4. The van der Waals surface area contributed by atoms with Gasteiger partial charge in [-0.2, -0.15) is 0 Å². The average molecular weight is 174 g/mol. The summed E-state index contributed by atoms with van der Waals surface area (Å²) >= 11 is 0. The highest BCUT2D eigenvalue weighted by Gasteiger charge is 2.25. The fourth-order valence-corrected chi connectivity index (χ4v) is 0.512. The molecule has 0 aromatic heterocycles. The van der Waals surface area contributed by atoms with Gasteiger partial charge in [-0.3, -0.25) is 4.79 Å². The zero-order valence-electron chi connectivity index (χ0n) is 6.58. The van der Waals surface area contributed by atoms with Crippen LogP contribution in [0, 0.1) is 0 Å². The van der Waals surface area contributed by atoms with Gasteiger partial charge in [0, 0.05) is 6.54 Å². The van der Waals surface area contributed by atoms with E-state index in [0.717, 1.165) is 0 Å².